The summed E-state index contributed by atoms with van der Waals surface area (Å²) in [6.45, 7) is 13.6. The van der Waals surface area contributed by atoms with Gasteiger partial charge in [0.15, 0.2) is 0 Å². The second kappa shape index (κ2) is 10.4. The van der Waals surface area contributed by atoms with Crippen LogP contribution in [-0.2, 0) is 4.79 Å². The molecule has 1 aliphatic rings. The highest BCUT2D eigenvalue weighted by molar-refractivity contribution is 5.78. The van der Waals surface area contributed by atoms with E-state index in [2.05, 4.69) is 17.1 Å². The fourth-order valence-electron chi connectivity index (χ4n) is 2.04. The standard InChI is InChI=1S/C13H26N2O.C2H6.H2/c1-11(2)13(16)14-12(3)7-10-15-8-5-4-6-9-15;1-2;/h11-12H,4-10H2,1-3H3,(H,14,16);1-2H3;1H. The van der Waals surface area contributed by atoms with Gasteiger partial charge in [-0.15, -0.1) is 0 Å². The summed E-state index contributed by atoms with van der Waals surface area (Å²) in [7, 11) is 0. The first-order chi connectivity index (χ1) is 8.59. The SMILES string of the molecule is CC.CC(CCN1CCCCC1)NC(=O)C(C)C.[HH]. The van der Waals surface area contributed by atoms with Gasteiger partial charge in [-0.3, -0.25) is 4.79 Å². The van der Waals surface area contributed by atoms with Crippen LogP contribution in [-0.4, -0.2) is 36.5 Å². The third kappa shape index (κ3) is 7.70. The Morgan fingerprint density at radius 1 is 1.17 bits per heavy atom. The molecule has 1 unspecified atom stereocenters. The quantitative estimate of drug-likeness (QED) is 0.820. The van der Waals surface area contributed by atoms with Crippen molar-refractivity contribution in [1.29, 1.82) is 0 Å². The van der Waals surface area contributed by atoms with E-state index in [1.807, 2.05) is 27.7 Å². The van der Waals surface area contributed by atoms with Crippen molar-refractivity contribution < 1.29 is 6.22 Å². The molecule has 1 atom stereocenters. The van der Waals surface area contributed by atoms with E-state index in [1.165, 1.54) is 32.4 Å². The van der Waals surface area contributed by atoms with E-state index in [4.69, 9.17) is 0 Å². The molecule has 0 radical (unpaired) electrons. The van der Waals surface area contributed by atoms with E-state index in [9.17, 15) is 4.79 Å². The highest BCUT2D eigenvalue weighted by Crippen LogP contribution is 2.09. The van der Waals surface area contributed by atoms with Crippen molar-refractivity contribution in [3.63, 3.8) is 0 Å². The minimum atomic E-state index is 0. The summed E-state index contributed by atoms with van der Waals surface area (Å²) < 4.78 is 0. The van der Waals surface area contributed by atoms with Crippen molar-refractivity contribution in [1.82, 2.24) is 10.2 Å². The lowest BCUT2D eigenvalue weighted by molar-refractivity contribution is -0.124. The van der Waals surface area contributed by atoms with Crippen LogP contribution >= 0.6 is 0 Å². The van der Waals surface area contributed by atoms with Crippen LogP contribution < -0.4 is 5.32 Å². The van der Waals surface area contributed by atoms with Crippen LogP contribution in [0, 0.1) is 5.92 Å². The predicted octanol–water partition coefficient (Wildman–Crippen LogP) is 3.30. The lowest BCUT2D eigenvalue weighted by Crippen LogP contribution is -2.39. The van der Waals surface area contributed by atoms with Crippen molar-refractivity contribution in [2.75, 3.05) is 19.6 Å². The number of carbonyl (C=O) groups excluding carboxylic acids is 1. The van der Waals surface area contributed by atoms with Crippen LogP contribution in [0.25, 0.3) is 0 Å². The molecule has 1 amide bonds. The smallest absolute Gasteiger partial charge is 0.222 e. The Kier molecular flexibility index (Phi) is 10.0. The maximum atomic E-state index is 11.5. The van der Waals surface area contributed by atoms with Gasteiger partial charge < -0.3 is 10.2 Å². The third-order valence-electron chi connectivity index (χ3n) is 3.24. The van der Waals surface area contributed by atoms with Crippen LogP contribution in [0.5, 0.6) is 0 Å². The zero-order chi connectivity index (χ0) is 14.0. The summed E-state index contributed by atoms with van der Waals surface area (Å²) in [6.07, 6.45) is 5.13. The molecular formula is C15H34N2O. The average Bonchev–Trinajstić information content (AvgIpc) is 2.40. The summed E-state index contributed by atoms with van der Waals surface area (Å²) >= 11 is 0. The van der Waals surface area contributed by atoms with Crippen molar-refractivity contribution in [2.45, 2.75) is 66.3 Å². The number of nitrogens with one attached hydrogen (secondary N) is 1. The molecular weight excluding hydrogens is 224 g/mol. The van der Waals surface area contributed by atoms with E-state index in [-0.39, 0.29) is 13.3 Å². The molecule has 0 bridgehead atoms. The molecule has 3 nitrogen and oxygen atoms in total. The van der Waals surface area contributed by atoms with Gasteiger partial charge in [-0.1, -0.05) is 34.1 Å². The van der Waals surface area contributed by atoms with E-state index in [0.717, 1.165) is 13.0 Å². The lowest BCUT2D eigenvalue weighted by Gasteiger charge is -2.27. The van der Waals surface area contributed by atoms with Crippen molar-refractivity contribution in [3.05, 3.63) is 0 Å². The Balaban J connectivity index is 0. The Hall–Kier alpha value is -0.570. The first-order valence-electron chi connectivity index (χ1n) is 7.62. The van der Waals surface area contributed by atoms with E-state index < -0.39 is 0 Å². The Bertz CT molecular complexity index is 216. The fraction of sp³-hybridized carbons (Fsp3) is 0.933. The van der Waals surface area contributed by atoms with Crippen molar-refractivity contribution >= 4 is 5.91 Å². The molecule has 0 aromatic rings. The lowest BCUT2D eigenvalue weighted by atomic mass is 10.1. The number of likely N-dealkylation sites (tertiary alicyclic amines) is 1. The Morgan fingerprint density at radius 3 is 2.22 bits per heavy atom. The van der Waals surface area contributed by atoms with Gasteiger partial charge in [-0.25, -0.2) is 0 Å². The van der Waals surface area contributed by atoms with Gasteiger partial charge in [0.2, 0.25) is 5.91 Å². The van der Waals surface area contributed by atoms with Gasteiger partial charge >= 0.3 is 0 Å². The van der Waals surface area contributed by atoms with Crippen LogP contribution in [0.1, 0.15) is 61.7 Å². The molecule has 18 heavy (non-hydrogen) atoms. The highest BCUT2D eigenvalue weighted by Gasteiger charge is 2.13. The molecule has 1 saturated heterocycles. The summed E-state index contributed by atoms with van der Waals surface area (Å²) in [4.78, 5) is 14.0. The monoisotopic (exact) mass is 258 g/mol. The maximum Gasteiger partial charge on any atom is 0.222 e. The van der Waals surface area contributed by atoms with Crippen LogP contribution in [0.3, 0.4) is 0 Å². The first kappa shape index (κ1) is 17.4. The molecule has 3 heteroatoms. The zero-order valence-corrected chi connectivity index (χ0v) is 13.0. The van der Waals surface area contributed by atoms with E-state index in [1.54, 1.807) is 0 Å². The average molecular weight is 258 g/mol. The van der Waals surface area contributed by atoms with Gasteiger partial charge in [0.25, 0.3) is 0 Å². The molecule has 0 aromatic heterocycles. The zero-order valence-electron chi connectivity index (χ0n) is 13.0. The largest absolute Gasteiger partial charge is 0.353 e. The van der Waals surface area contributed by atoms with Crippen molar-refractivity contribution in [2.24, 2.45) is 5.92 Å². The van der Waals surface area contributed by atoms with E-state index >= 15 is 0 Å². The number of rotatable bonds is 5. The van der Waals surface area contributed by atoms with Gasteiger partial charge in [0.05, 0.1) is 0 Å². The Morgan fingerprint density at radius 2 is 1.72 bits per heavy atom. The van der Waals surface area contributed by atoms with Crippen LogP contribution in [0.2, 0.25) is 0 Å². The molecule has 1 aliphatic heterocycles. The second-order valence-electron chi connectivity index (χ2n) is 5.26. The molecule has 0 aromatic carbocycles. The number of carbonyl (C=O) groups is 1. The minimum Gasteiger partial charge on any atom is -0.353 e. The molecule has 1 N–H and O–H groups in total. The minimum absolute atomic E-state index is 0. The summed E-state index contributed by atoms with van der Waals surface area (Å²) in [5, 5.41) is 3.05. The van der Waals surface area contributed by atoms with Crippen molar-refractivity contribution in [3.8, 4) is 0 Å². The number of amides is 1. The second-order valence-corrected chi connectivity index (χ2v) is 5.26. The first-order valence-corrected chi connectivity index (χ1v) is 7.62. The molecule has 1 rings (SSSR count). The molecule has 110 valence electrons. The molecule has 0 aliphatic carbocycles. The maximum absolute atomic E-state index is 11.5. The summed E-state index contributed by atoms with van der Waals surface area (Å²) in [6, 6.07) is 0.303. The van der Waals surface area contributed by atoms with Gasteiger partial charge in [0.1, 0.15) is 0 Å². The predicted molar refractivity (Wildman–Crippen MR) is 80.8 cm³/mol. The fourth-order valence-corrected chi connectivity index (χ4v) is 2.04. The Labute approximate surface area is 115 Å². The molecule has 0 saturated carbocycles. The summed E-state index contributed by atoms with van der Waals surface area (Å²) in [5.74, 6) is 0.267. The van der Waals surface area contributed by atoms with Gasteiger partial charge in [-0.05, 0) is 39.3 Å². The number of piperidine rings is 1. The molecule has 0 spiro atoms. The molecule has 1 fully saturated rings. The molecule has 1 heterocycles. The third-order valence-corrected chi connectivity index (χ3v) is 3.24. The number of hydrogen-bond donors (Lipinski definition) is 1. The van der Waals surface area contributed by atoms with Gasteiger partial charge in [-0.2, -0.15) is 0 Å². The number of nitrogens with zero attached hydrogens (tertiary/aromatic N) is 1. The summed E-state index contributed by atoms with van der Waals surface area (Å²) in [5.41, 5.74) is 0. The van der Waals surface area contributed by atoms with Gasteiger partial charge in [0, 0.05) is 19.9 Å². The normalized spacial score (nSPS) is 17.9. The number of hydrogen-bond acceptors (Lipinski definition) is 2. The van der Waals surface area contributed by atoms with E-state index in [0.29, 0.717) is 6.04 Å². The topological polar surface area (TPSA) is 32.3 Å². The van der Waals surface area contributed by atoms with Crippen LogP contribution in [0.15, 0.2) is 0 Å². The van der Waals surface area contributed by atoms with Crippen LogP contribution in [0.4, 0.5) is 0 Å². The highest BCUT2D eigenvalue weighted by atomic mass is 16.1.